The molecular formula is C23H44O6S12. The van der Waals surface area contributed by atoms with Gasteiger partial charge in [0.05, 0.1) is 11.9 Å². The monoisotopic (exact) mass is 800 g/mol. The van der Waals surface area contributed by atoms with Gasteiger partial charge < -0.3 is 19.3 Å². The molecular weight excluding hydrogens is 757 g/mol. The summed E-state index contributed by atoms with van der Waals surface area (Å²) in [7, 11) is 0. The van der Waals surface area contributed by atoms with Gasteiger partial charge in [0.2, 0.25) is 0 Å². The fourth-order valence-corrected chi connectivity index (χ4v) is 15.2. The van der Waals surface area contributed by atoms with E-state index >= 15 is 0 Å². The van der Waals surface area contributed by atoms with Crippen molar-refractivity contribution in [1.82, 2.24) is 0 Å². The summed E-state index contributed by atoms with van der Waals surface area (Å²) in [6, 6.07) is 0. The van der Waals surface area contributed by atoms with Gasteiger partial charge in [-0.25, -0.2) is 0 Å². The normalized spacial score (nSPS) is 13.0. The van der Waals surface area contributed by atoms with E-state index in [1.807, 2.05) is 47.0 Å². The van der Waals surface area contributed by atoms with E-state index in [9.17, 15) is 18.7 Å². The summed E-state index contributed by atoms with van der Waals surface area (Å²) in [4.78, 5) is 23.6. The first kappa shape index (κ1) is 44.4. The Morgan fingerprint density at radius 3 is 1.63 bits per heavy atom. The molecule has 0 aliphatic heterocycles. The minimum atomic E-state index is -0.841. The van der Waals surface area contributed by atoms with Crippen LogP contribution in [0.4, 0.5) is 0 Å². The average molecular weight is 801 g/mol. The predicted molar refractivity (Wildman–Crippen MR) is 208 cm³/mol. The number of hydrogen-bond donors (Lipinski definition) is 2. The van der Waals surface area contributed by atoms with Gasteiger partial charge in [-0.1, -0.05) is 46.5 Å². The Kier molecular flexibility index (Phi) is 39.2. The maximum atomic E-state index is 12.2. The summed E-state index contributed by atoms with van der Waals surface area (Å²) < 4.78 is 23.8. The third kappa shape index (κ3) is 36.1. The van der Waals surface area contributed by atoms with Crippen LogP contribution >= 0.6 is 118 Å². The molecule has 0 aromatic carbocycles. The van der Waals surface area contributed by atoms with Crippen molar-refractivity contribution in [3.05, 3.63) is 0 Å². The van der Waals surface area contributed by atoms with Gasteiger partial charge in [-0.05, 0) is 22.7 Å². The van der Waals surface area contributed by atoms with E-state index in [1.54, 1.807) is 23.5 Å². The Hall–Kier alpha value is 3.38. The summed E-state index contributed by atoms with van der Waals surface area (Å²) >= 11 is 14.6. The lowest BCUT2D eigenvalue weighted by Crippen LogP contribution is -2.13. The number of aliphatic hydroxyl groups excluding tert-OH is 2. The molecule has 0 heterocycles. The van der Waals surface area contributed by atoms with Gasteiger partial charge in [0.1, 0.15) is 17.3 Å². The summed E-state index contributed by atoms with van der Waals surface area (Å²) in [5.74, 6) is 8.65. The second-order valence-corrected chi connectivity index (χ2v) is 23.5. The zero-order valence-electron chi connectivity index (χ0n) is 23.3. The molecule has 0 bridgehead atoms. The van der Waals surface area contributed by atoms with Crippen molar-refractivity contribution in [3.8, 4) is 0 Å². The Bertz CT molecular complexity index is 599. The van der Waals surface area contributed by atoms with Gasteiger partial charge in [0.25, 0.3) is 0 Å². The van der Waals surface area contributed by atoms with Crippen molar-refractivity contribution < 1.29 is 28.9 Å². The molecule has 0 aliphatic rings. The topological polar surface area (TPSA) is 121 Å². The molecule has 0 rings (SSSR count). The van der Waals surface area contributed by atoms with E-state index in [0.717, 1.165) is 79.9 Å². The van der Waals surface area contributed by atoms with Crippen LogP contribution in [0, 0.1) is 0 Å². The van der Waals surface area contributed by atoms with Crippen molar-refractivity contribution in [1.29, 1.82) is 0 Å². The first-order valence-electron chi connectivity index (χ1n) is 12.8. The number of thioether (sulfide) groups is 10. The van der Waals surface area contributed by atoms with Crippen LogP contribution in [0.15, 0.2) is 0 Å². The number of hydrogen-bond acceptors (Lipinski definition) is 16. The van der Waals surface area contributed by atoms with E-state index in [1.165, 1.54) is 47.0 Å². The first-order chi connectivity index (χ1) is 20.0. The quantitative estimate of drug-likeness (QED) is 0.0462. The van der Waals surface area contributed by atoms with Gasteiger partial charge >= 0.3 is 0 Å². The van der Waals surface area contributed by atoms with Gasteiger partial charge in [0.15, 0.2) is 15.3 Å². The van der Waals surface area contributed by atoms with Crippen LogP contribution in [0.3, 0.4) is 0 Å². The molecule has 0 saturated heterocycles. The fourth-order valence-electron chi connectivity index (χ4n) is 2.43. The standard InChI is InChI=1S/C23H44O6S12/c24-15-36-20-39-23(27)4-8-33-17-30-5-1-12-40(28)14-11-35-19-34-9-10-38-22(26)3-7-32-18-31-6-2-13-41(29)21-37-16-25/h24-25H,1-21H2. The van der Waals surface area contributed by atoms with Crippen molar-refractivity contribution in [3.63, 3.8) is 0 Å². The molecule has 2 atom stereocenters. The Labute approximate surface area is 296 Å². The Morgan fingerprint density at radius 2 is 1.02 bits per heavy atom. The smallest absolute Gasteiger partial charge is 0.190 e. The maximum Gasteiger partial charge on any atom is 0.190 e. The molecule has 0 saturated carbocycles. The largest absolute Gasteiger partial charge is 0.616 e. The highest BCUT2D eigenvalue weighted by Crippen LogP contribution is 2.20. The molecule has 41 heavy (non-hydrogen) atoms. The van der Waals surface area contributed by atoms with E-state index in [0.29, 0.717) is 28.8 Å². The van der Waals surface area contributed by atoms with Crippen LogP contribution in [-0.4, -0.2) is 124 Å². The fraction of sp³-hybridized carbons (Fsp3) is 0.913. The van der Waals surface area contributed by atoms with Crippen LogP contribution in [0.25, 0.3) is 0 Å². The number of aliphatic hydroxyl groups is 2. The maximum absolute atomic E-state index is 12.2. The molecule has 0 radical (unpaired) electrons. The Morgan fingerprint density at radius 1 is 0.512 bits per heavy atom. The third-order valence-corrected chi connectivity index (χ3v) is 18.8. The Balaban J connectivity index is 3.33. The predicted octanol–water partition coefficient (Wildman–Crippen LogP) is 6.12. The second kappa shape index (κ2) is 36.2. The van der Waals surface area contributed by atoms with Gasteiger partial charge in [0, 0.05) is 74.8 Å². The van der Waals surface area contributed by atoms with E-state index in [4.69, 9.17) is 10.2 Å². The minimum absolute atomic E-state index is 0.0273. The molecule has 0 aliphatic carbocycles. The first-order valence-corrected chi connectivity index (χ1v) is 27.0. The zero-order chi connectivity index (χ0) is 30.2. The number of carbonyl (C=O) groups is 2. The summed E-state index contributed by atoms with van der Waals surface area (Å²) in [6.07, 6.45) is 3.06. The second-order valence-electron chi connectivity index (χ2n) is 7.64. The van der Waals surface area contributed by atoms with Crippen molar-refractivity contribution in [2.24, 2.45) is 0 Å². The molecule has 2 N–H and O–H groups in total. The van der Waals surface area contributed by atoms with E-state index < -0.39 is 22.4 Å². The zero-order valence-corrected chi connectivity index (χ0v) is 33.1. The summed E-state index contributed by atoms with van der Waals surface area (Å²) in [6.45, 7) is 0. The minimum Gasteiger partial charge on any atom is -0.616 e. The molecule has 6 nitrogen and oxygen atoms in total. The number of carbonyl (C=O) groups excluding carboxylic acids is 2. The molecule has 244 valence electrons. The van der Waals surface area contributed by atoms with Gasteiger partial charge in [-0.15, -0.1) is 23.5 Å². The highest BCUT2D eigenvalue weighted by molar-refractivity contribution is 8.24. The van der Waals surface area contributed by atoms with Crippen molar-refractivity contribution >= 4 is 150 Å². The highest BCUT2D eigenvalue weighted by Gasteiger charge is 2.08. The molecule has 2 unspecified atom stereocenters. The lowest BCUT2D eigenvalue weighted by Gasteiger charge is -2.10. The lowest BCUT2D eigenvalue weighted by molar-refractivity contribution is -0.111. The molecule has 0 amide bonds. The van der Waals surface area contributed by atoms with Crippen LogP contribution in [0.2, 0.25) is 0 Å². The van der Waals surface area contributed by atoms with Crippen LogP contribution < -0.4 is 0 Å². The molecule has 0 aromatic rings. The number of rotatable bonds is 32. The van der Waals surface area contributed by atoms with Crippen molar-refractivity contribution in [2.75, 3.05) is 94.8 Å². The molecule has 0 aromatic heterocycles. The van der Waals surface area contributed by atoms with Crippen molar-refractivity contribution in [2.45, 2.75) is 25.7 Å². The van der Waals surface area contributed by atoms with Crippen LogP contribution in [-0.2, 0) is 31.9 Å². The molecule has 0 spiro atoms. The summed E-state index contributed by atoms with van der Waals surface area (Å²) in [5.41, 5.74) is 0. The highest BCUT2D eigenvalue weighted by atomic mass is 32.3. The van der Waals surface area contributed by atoms with Gasteiger partial charge in [-0.2, -0.15) is 58.8 Å². The lowest BCUT2D eigenvalue weighted by atomic mass is 10.5. The SMILES string of the molecule is O=C(CCSCSCCC[S+]([O-])CSCO)SCCSCSCC[S+]([O-])CCCSCSCCC(=O)SCSCO. The summed E-state index contributed by atoms with van der Waals surface area (Å²) in [5, 5.41) is 21.9. The average Bonchev–Trinajstić information content (AvgIpc) is 2.96. The van der Waals surface area contributed by atoms with E-state index in [-0.39, 0.29) is 22.1 Å². The molecule has 0 fully saturated rings. The van der Waals surface area contributed by atoms with Crippen LogP contribution in [0.5, 0.6) is 0 Å². The van der Waals surface area contributed by atoms with E-state index in [2.05, 4.69) is 0 Å². The van der Waals surface area contributed by atoms with Gasteiger partial charge in [-0.3, -0.25) is 9.59 Å². The molecule has 18 heteroatoms. The van der Waals surface area contributed by atoms with Crippen LogP contribution in [0.1, 0.15) is 25.7 Å². The third-order valence-electron chi connectivity index (χ3n) is 4.37.